The van der Waals surface area contributed by atoms with Crippen LogP contribution in [0.1, 0.15) is 52.2 Å². The summed E-state index contributed by atoms with van der Waals surface area (Å²) in [7, 11) is 0. The lowest BCUT2D eigenvalue weighted by Gasteiger charge is -2.48. The fourth-order valence-corrected chi connectivity index (χ4v) is 3.65. The van der Waals surface area contributed by atoms with Crippen LogP contribution in [-0.4, -0.2) is 11.1 Å². The molecule has 2 atom stereocenters. The van der Waals surface area contributed by atoms with Crippen LogP contribution in [0.5, 0.6) is 0 Å². The quantitative estimate of drug-likeness (QED) is 0.772. The second-order valence-corrected chi connectivity index (χ2v) is 8.75. The number of hydrogen-bond donors (Lipinski definition) is 1. The van der Waals surface area contributed by atoms with E-state index < -0.39 is 5.97 Å². The molecular formula is C19H25BrO2. The van der Waals surface area contributed by atoms with Crippen molar-refractivity contribution in [3.05, 3.63) is 41.5 Å². The summed E-state index contributed by atoms with van der Waals surface area (Å²) in [5, 5.41) is 9.21. The van der Waals surface area contributed by atoms with Crippen LogP contribution in [0.2, 0.25) is 0 Å². The molecule has 0 amide bonds. The van der Waals surface area contributed by atoms with E-state index in [0.29, 0.717) is 5.92 Å². The van der Waals surface area contributed by atoms with E-state index >= 15 is 0 Å². The SMILES string of the molecule is CC(C)(C)c1ccc(C(Br)=CC2CC(C(=O)O)C2(C)C)cc1. The van der Waals surface area contributed by atoms with Gasteiger partial charge in [0.2, 0.25) is 0 Å². The Bertz CT molecular complexity index is 591. The van der Waals surface area contributed by atoms with E-state index in [2.05, 4.69) is 67.0 Å². The Morgan fingerprint density at radius 2 is 1.82 bits per heavy atom. The minimum absolute atomic E-state index is 0.152. The molecule has 3 heteroatoms. The minimum Gasteiger partial charge on any atom is -0.481 e. The smallest absolute Gasteiger partial charge is 0.307 e. The van der Waals surface area contributed by atoms with E-state index in [0.717, 1.165) is 16.5 Å². The zero-order valence-corrected chi connectivity index (χ0v) is 15.6. The van der Waals surface area contributed by atoms with Crippen molar-refractivity contribution in [1.82, 2.24) is 0 Å². The van der Waals surface area contributed by atoms with Crippen molar-refractivity contribution in [2.45, 2.75) is 46.5 Å². The van der Waals surface area contributed by atoms with E-state index in [1.807, 2.05) is 13.8 Å². The van der Waals surface area contributed by atoms with Crippen molar-refractivity contribution in [2.24, 2.45) is 17.3 Å². The van der Waals surface area contributed by atoms with Crippen LogP contribution in [0.3, 0.4) is 0 Å². The lowest BCUT2D eigenvalue weighted by molar-refractivity contribution is -0.156. The number of carboxylic acid groups (broad SMARTS) is 1. The number of rotatable bonds is 3. The molecule has 1 aliphatic carbocycles. The van der Waals surface area contributed by atoms with E-state index in [4.69, 9.17) is 0 Å². The normalized spacial score (nSPS) is 24.7. The highest BCUT2D eigenvalue weighted by molar-refractivity contribution is 9.15. The molecule has 0 spiro atoms. The number of aliphatic carboxylic acids is 1. The summed E-state index contributed by atoms with van der Waals surface area (Å²) < 4.78 is 1.05. The van der Waals surface area contributed by atoms with Gasteiger partial charge >= 0.3 is 5.97 Å². The molecule has 1 aromatic carbocycles. The number of benzene rings is 1. The lowest BCUT2D eigenvalue weighted by atomic mass is 9.54. The molecule has 0 radical (unpaired) electrons. The van der Waals surface area contributed by atoms with Gasteiger partial charge in [-0.1, -0.05) is 80.9 Å². The number of halogens is 1. The third-order valence-electron chi connectivity index (χ3n) is 5.02. The van der Waals surface area contributed by atoms with Crippen LogP contribution in [0.25, 0.3) is 4.48 Å². The second kappa shape index (κ2) is 5.84. The predicted octanol–water partition coefficient (Wildman–Crippen LogP) is 5.47. The molecule has 0 heterocycles. The molecule has 2 rings (SSSR count). The highest BCUT2D eigenvalue weighted by Crippen LogP contribution is 2.53. The van der Waals surface area contributed by atoms with E-state index in [9.17, 15) is 9.90 Å². The van der Waals surface area contributed by atoms with Crippen LogP contribution in [0, 0.1) is 17.3 Å². The van der Waals surface area contributed by atoms with Crippen molar-refractivity contribution < 1.29 is 9.90 Å². The van der Waals surface area contributed by atoms with Gasteiger partial charge in [0.05, 0.1) is 5.92 Å². The highest BCUT2D eigenvalue weighted by Gasteiger charge is 2.50. The van der Waals surface area contributed by atoms with Gasteiger partial charge in [0.1, 0.15) is 0 Å². The third kappa shape index (κ3) is 3.29. The standard InChI is InChI=1S/C19H25BrO2/c1-18(2,3)13-8-6-12(7-9-13)16(20)11-14-10-15(17(21)22)19(14,4)5/h6-9,11,14-15H,10H2,1-5H3,(H,21,22). The van der Waals surface area contributed by atoms with Crippen LogP contribution in [-0.2, 0) is 10.2 Å². The molecule has 1 fully saturated rings. The Labute approximate surface area is 141 Å². The van der Waals surface area contributed by atoms with Crippen LogP contribution < -0.4 is 0 Å². The van der Waals surface area contributed by atoms with Gasteiger partial charge < -0.3 is 5.11 Å². The average Bonchev–Trinajstić information content (AvgIpc) is 2.41. The summed E-state index contributed by atoms with van der Waals surface area (Å²) >= 11 is 3.66. The minimum atomic E-state index is -0.680. The van der Waals surface area contributed by atoms with Crippen molar-refractivity contribution >= 4 is 26.4 Å². The van der Waals surface area contributed by atoms with E-state index in [-0.39, 0.29) is 16.7 Å². The van der Waals surface area contributed by atoms with Gasteiger partial charge in [-0.3, -0.25) is 4.79 Å². The maximum absolute atomic E-state index is 11.2. The molecule has 1 saturated carbocycles. The van der Waals surface area contributed by atoms with E-state index in [1.54, 1.807) is 0 Å². The Kier molecular flexibility index (Phi) is 4.59. The lowest BCUT2D eigenvalue weighted by Crippen LogP contribution is -2.47. The topological polar surface area (TPSA) is 37.3 Å². The van der Waals surface area contributed by atoms with Gasteiger partial charge in [-0.25, -0.2) is 0 Å². The number of allylic oxidation sites excluding steroid dienone is 1. The van der Waals surface area contributed by atoms with Crippen LogP contribution >= 0.6 is 15.9 Å². The molecule has 0 aliphatic heterocycles. The number of carboxylic acids is 1. The molecular weight excluding hydrogens is 340 g/mol. The summed E-state index contributed by atoms with van der Waals surface area (Å²) in [6.07, 6.45) is 2.89. The van der Waals surface area contributed by atoms with Gasteiger partial charge in [-0.2, -0.15) is 0 Å². The second-order valence-electron chi connectivity index (χ2n) is 7.90. The fourth-order valence-electron chi connectivity index (χ4n) is 3.06. The van der Waals surface area contributed by atoms with Crippen molar-refractivity contribution in [2.75, 3.05) is 0 Å². The molecule has 1 aliphatic rings. The molecule has 2 nitrogen and oxygen atoms in total. The summed E-state index contributed by atoms with van der Waals surface area (Å²) in [6.45, 7) is 10.7. The Morgan fingerprint density at radius 1 is 1.27 bits per heavy atom. The first-order chi connectivity index (χ1) is 10.0. The zero-order chi connectivity index (χ0) is 16.7. The molecule has 22 heavy (non-hydrogen) atoms. The molecule has 0 saturated heterocycles. The first-order valence-corrected chi connectivity index (χ1v) is 8.54. The summed E-state index contributed by atoms with van der Waals surface area (Å²) in [6, 6.07) is 8.58. The first kappa shape index (κ1) is 17.3. The van der Waals surface area contributed by atoms with Gasteiger partial charge in [0.25, 0.3) is 0 Å². The molecule has 1 aromatic rings. The van der Waals surface area contributed by atoms with Crippen molar-refractivity contribution in [3.63, 3.8) is 0 Å². The summed E-state index contributed by atoms with van der Waals surface area (Å²) in [5.41, 5.74) is 2.42. The van der Waals surface area contributed by atoms with Gasteiger partial charge in [0, 0.05) is 4.48 Å². The fraction of sp³-hybridized carbons (Fsp3) is 0.526. The monoisotopic (exact) mass is 364 g/mol. The van der Waals surface area contributed by atoms with Crippen LogP contribution in [0.4, 0.5) is 0 Å². The summed E-state index contributed by atoms with van der Waals surface area (Å²) in [5.74, 6) is -0.622. The number of carbonyl (C=O) groups is 1. The molecule has 1 N–H and O–H groups in total. The zero-order valence-electron chi connectivity index (χ0n) is 14.0. The van der Waals surface area contributed by atoms with Crippen molar-refractivity contribution in [3.8, 4) is 0 Å². The molecule has 0 aromatic heterocycles. The first-order valence-electron chi connectivity index (χ1n) is 7.74. The molecule has 0 bridgehead atoms. The predicted molar refractivity (Wildman–Crippen MR) is 95.1 cm³/mol. The Hall–Kier alpha value is -1.09. The highest BCUT2D eigenvalue weighted by atomic mass is 79.9. The number of hydrogen-bond acceptors (Lipinski definition) is 1. The molecule has 2 unspecified atom stereocenters. The van der Waals surface area contributed by atoms with Gasteiger partial charge in [0.15, 0.2) is 0 Å². The third-order valence-corrected chi connectivity index (χ3v) is 5.74. The summed E-state index contributed by atoms with van der Waals surface area (Å²) in [4.78, 5) is 11.2. The maximum Gasteiger partial charge on any atom is 0.307 e. The van der Waals surface area contributed by atoms with E-state index in [1.165, 1.54) is 5.56 Å². The maximum atomic E-state index is 11.2. The van der Waals surface area contributed by atoms with Crippen molar-refractivity contribution in [1.29, 1.82) is 0 Å². The average molecular weight is 365 g/mol. The van der Waals surface area contributed by atoms with Gasteiger partial charge in [-0.15, -0.1) is 0 Å². The Balaban J connectivity index is 2.15. The molecule has 120 valence electrons. The van der Waals surface area contributed by atoms with Gasteiger partial charge in [-0.05, 0) is 34.3 Å². The van der Waals surface area contributed by atoms with Crippen LogP contribution in [0.15, 0.2) is 30.3 Å². The Morgan fingerprint density at radius 3 is 2.23 bits per heavy atom. The largest absolute Gasteiger partial charge is 0.481 e.